The second-order valence-corrected chi connectivity index (χ2v) is 6.81. The number of ether oxygens (including phenoxy) is 1. The molecule has 2 aromatic carbocycles. The Kier molecular flexibility index (Phi) is 6.74. The summed E-state index contributed by atoms with van der Waals surface area (Å²) in [6.45, 7) is 4.36. The van der Waals surface area contributed by atoms with Crippen LogP contribution in [0.15, 0.2) is 48.5 Å². The maximum Gasteiger partial charge on any atom is 0.121 e. The lowest BCUT2D eigenvalue weighted by atomic mass is 10.1. The molecule has 140 valence electrons. The van der Waals surface area contributed by atoms with Gasteiger partial charge in [-0.15, -0.1) is 0 Å². The zero-order valence-corrected chi connectivity index (χ0v) is 15.5. The standard InChI is InChI=1S/C20H25ClN2O3/c21-18-14-17(26-13-12-24)6-7-19(18)23-10-8-22(9-11-23)15-20(25)16-4-2-1-3-5-16/h1-7,14,20,24-25H,8-13,15H2. The summed E-state index contributed by atoms with van der Waals surface area (Å²) in [6, 6.07) is 15.4. The van der Waals surface area contributed by atoms with Crippen molar-refractivity contribution in [2.24, 2.45) is 0 Å². The quantitative estimate of drug-likeness (QED) is 0.777. The molecule has 0 aromatic heterocycles. The Bertz CT molecular complexity index is 691. The summed E-state index contributed by atoms with van der Waals surface area (Å²) in [5.74, 6) is 0.664. The van der Waals surface area contributed by atoms with Crippen LogP contribution in [-0.2, 0) is 0 Å². The van der Waals surface area contributed by atoms with Gasteiger partial charge in [-0.1, -0.05) is 41.9 Å². The Balaban J connectivity index is 1.53. The summed E-state index contributed by atoms with van der Waals surface area (Å²) in [4.78, 5) is 4.53. The van der Waals surface area contributed by atoms with E-state index in [0.717, 1.165) is 37.4 Å². The smallest absolute Gasteiger partial charge is 0.121 e. The second-order valence-electron chi connectivity index (χ2n) is 6.40. The van der Waals surface area contributed by atoms with Crippen molar-refractivity contribution < 1.29 is 14.9 Å². The number of aliphatic hydroxyl groups is 2. The highest BCUT2D eigenvalue weighted by molar-refractivity contribution is 6.33. The average Bonchev–Trinajstić information content (AvgIpc) is 2.68. The molecule has 2 aromatic rings. The minimum absolute atomic E-state index is 0.0177. The van der Waals surface area contributed by atoms with Crippen molar-refractivity contribution in [1.29, 1.82) is 0 Å². The lowest BCUT2D eigenvalue weighted by Crippen LogP contribution is -2.47. The van der Waals surface area contributed by atoms with E-state index in [1.165, 1.54) is 0 Å². The van der Waals surface area contributed by atoms with Gasteiger partial charge in [0.25, 0.3) is 0 Å². The van der Waals surface area contributed by atoms with E-state index in [1.807, 2.05) is 42.5 Å². The summed E-state index contributed by atoms with van der Waals surface area (Å²) in [6.07, 6.45) is -0.464. The molecule has 0 aliphatic carbocycles. The number of nitrogens with zero attached hydrogens (tertiary/aromatic N) is 2. The summed E-state index contributed by atoms with van der Waals surface area (Å²) >= 11 is 6.40. The van der Waals surface area contributed by atoms with Crippen LogP contribution in [0, 0.1) is 0 Å². The van der Waals surface area contributed by atoms with Crippen LogP contribution < -0.4 is 9.64 Å². The number of hydrogen-bond donors (Lipinski definition) is 2. The van der Waals surface area contributed by atoms with E-state index in [9.17, 15) is 5.11 Å². The summed E-state index contributed by atoms with van der Waals surface area (Å²) in [5, 5.41) is 19.9. The molecule has 6 heteroatoms. The van der Waals surface area contributed by atoms with Gasteiger partial charge in [0.15, 0.2) is 0 Å². The maximum absolute atomic E-state index is 10.4. The van der Waals surface area contributed by atoms with Crippen molar-refractivity contribution in [3.63, 3.8) is 0 Å². The zero-order chi connectivity index (χ0) is 18.4. The van der Waals surface area contributed by atoms with Crippen LogP contribution in [0.2, 0.25) is 5.02 Å². The molecule has 0 saturated carbocycles. The maximum atomic E-state index is 10.4. The topological polar surface area (TPSA) is 56.2 Å². The number of aliphatic hydroxyl groups excluding tert-OH is 2. The van der Waals surface area contributed by atoms with Crippen molar-refractivity contribution in [2.75, 3.05) is 50.8 Å². The molecule has 1 aliphatic heterocycles. The van der Waals surface area contributed by atoms with Gasteiger partial charge in [0, 0.05) is 38.8 Å². The Labute approximate surface area is 159 Å². The third-order valence-corrected chi connectivity index (χ3v) is 4.91. The first-order chi connectivity index (χ1) is 12.7. The number of rotatable bonds is 7. The Morgan fingerprint density at radius 1 is 1.04 bits per heavy atom. The molecule has 0 spiro atoms. The van der Waals surface area contributed by atoms with Gasteiger partial charge in [0.05, 0.1) is 23.4 Å². The monoisotopic (exact) mass is 376 g/mol. The molecule has 26 heavy (non-hydrogen) atoms. The second kappa shape index (κ2) is 9.24. The van der Waals surface area contributed by atoms with E-state index >= 15 is 0 Å². The molecular weight excluding hydrogens is 352 g/mol. The van der Waals surface area contributed by atoms with Crippen LogP contribution in [0.5, 0.6) is 5.75 Å². The van der Waals surface area contributed by atoms with Crippen molar-refractivity contribution in [3.05, 3.63) is 59.1 Å². The van der Waals surface area contributed by atoms with E-state index in [0.29, 0.717) is 17.3 Å². The van der Waals surface area contributed by atoms with Gasteiger partial charge in [0.1, 0.15) is 12.4 Å². The molecule has 1 fully saturated rings. The third kappa shape index (κ3) is 4.89. The number of piperazine rings is 1. The summed E-state index contributed by atoms with van der Waals surface area (Å²) in [5.41, 5.74) is 1.95. The molecule has 0 radical (unpaired) electrons. The number of β-amino-alcohol motifs (C(OH)–C–C–N with tert-alkyl or cyclic N) is 1. The highest BCUT2D eigenvalue weighted by Gasteiger charge is 2.21. The molecular formula is C20H25ClN2O3. The van der Waals surface area contributed by atoms with E-state index in [2.05, 4.69) is 9.80 Å². The van der Waals surface area contributed by atoms with Crippen LogP contribution in [0.4, 0.5) is 5.69 Å². The predicted octanol–water partition coefficient (Wildman–Crippen LogP) is 2.57. The van der Waals surface area contributed by atoms with Crippen molar-refractivity contribution in [1.82, 2.24) is 4.90 Å². The van der Waals surface area contributed by atoms with E-state index in [1.54, 1.807) is 6.07 Å². The average molecular weight is 377 g/mol. The van der Waals surface area contributed by atoms with Crippen LogP contribution >= 0.6 is 11.6 Å². The fourth-order valence-electron chi connectivity index (χ4n) is 3.19. The first-order valence-corrected chi connectivity index (χ1v) is 9.28. The minimum Gasteiger partial charge on any atom is -0.491 e. The fraction of sp³-hybridized carbons (Fsp3) is 0.400. The lowest BCUT2D eigenvalue weighted by Gasteiger charge is -2.37. The van der Waals surface area contributed by atoms with Crippen molar-refractivity contribution in [2.45, 2.75) is 6.10 Å². The van der Waals surface area contributed by atoms with E-state index in [-0.39, 0.29) is 13.2 Å². The van der Waals surface area contributed by atoms with E-state index < -0.39 is 6.10 Å². The lowest BCUT2D eigenvalue weighted by molar-refractivity contribution is 0.109. The normalized spacial score (nSPS) is 16.5. The number of anilines is 1. The van der Waals surface area contributed by atoms with Crippen molar-refractivity contribution in [3.8, 4) is 5.75 Å². The molecule has 1 atom stereocenters. The Hall–Kier alpha value is -1.79. The molecule has 1 saturated heterocycles. The van der Waals surface area contributed by atoms with Crippen LogP contribution in [0.3, 0.4) is 0 Å². The van der Waals surface area contributed by atoms with Gasteiger partial charge in [-0.2, -0.15) is 0 Å². The number of hydrogen-bond acceptors (Lipinski definition) is 5. The number of halogens is 1. The SMILES string of the molecule is OCCOc1ccc(N2CCN(CC(O)c3ccccc3)CC2)c(Cl)c1. The van der Waals surface area contributed by atoms with Crippen LogP contribution in [0.25, 0.3) is 0 Å². The first kappa shape index (κ1) is 19.0. The van der Waals surface area contributed by atoms with Gasteiger partial charge in [-0.25, -0.2) is 0 Å². The predicted molar refractivity (Wildman–Crippen MR) is 104 cm³/mol. The third-order valence-electron chi connectivity index (χ3n) is 4.61. The van der Waals surface area contributed by atoms with Crippen LogP contribution in [-0.4, -0.2) is 61.1 Å². The number of benzene rings is 2. The molecule has 3 rings (SSSR count). The largest absolute Gasteiger partial charge is 0.491 e. The Morgan fingerprint density at radius 3 is 2.42 bits per heavy atom. The van der Waals surface area contributed by atoms with Gasteiger partial charge >= 0.3 is 0 Å². The van der Waals surface area contributed by atoms with Gasteiger partial charge in [0.2, 0.25) is 0 Å². The molecule has 2 N–H and O–H groups in total. The highest BCUT2D eigenvalue weighted by Crippen LogP contribution is 2.30. The molecule has 1 unspecified atom stereocenters. The van der Waals surface area contributed by atoms with Gasteiger partial charge < -0.3 is 19.8 Å². The highest BCUT2D eigenvalue weighted by atomic mass is 35.5. The molecule has 5 nitrogen and oxygen atoms in total. The van der Waals surface area contributed by atoms with Crippen molar-refractivity contribution >= 4 is 17.3 Å². The van der Waals surface area contributed by atoms with Gasteiger partial charge in [-0.05, 0) is 17.7 Å². The molecule has 0 bridgehead atoms. The summed E-state index contributed by atoms with van der Waals surface area (Å²) in [7, 11) is 0. The van der Waals surface area contributed by atoms with Crippen LogP contribution in [0.1, 0.15) is 11.7 Å². The van der Waals surface area contributed by atoms with E-state index in [4.69, 9.17) is 21.4 Å². The molecule has 1 heterocycles. The molecule has 0 amide bonds. The fourth-order valence-corrected chi connectivity index (χ4v) is 3.48. The summed E-state index contributed by atoms with van der Waals surface area (Å²) < 4.78 is 5.39. The Morgan fingerprint density at radius 2 is 1.77 bits per heavy atom. The molecule has 1 aliphatic rings. The van der Waals surface area contributed by atoms with Gasteiger partial charge in [-0.3, -0.25) is 4.90 Å². The minimum atomic E-state index is -0.464. The zero-order valence-electron chi connectivity index (χ0n) is 14.7. The first-order valence-electron chi connectivity index (χ1n) is 8.91.